The minimum absolute atomic E-state index is 0.0950. The van der Waals surface area contributed by atoms with E-state index in [1.54, 1.807) is 29.2 Å². The van der Waals surface area contributed by atoms with Crippen LogP contribution in [0.15, 0.2) is 24.3 Å². The number of nitrogens with zero attached hydrogens (tertiary/aromatic N) is 2. The molecule has 0 radical (unpaired) electrons. The third-order valence-corrected chi connectivity index (χ3v) is 4.36. The van der Waals surface area contributed by atoms with Crippen molar-refractivity contribution in [3.8, 4) is 5.75 Å². The Hall–Kier alpha value is -3.10. The number of carbonyl (C=O) groups excluding carboxylic acids is 4. The second-order valence-corrected chi connectivity index (χ2v) is 6.29. The molecular weight excluding hydrogens is 354 g/mol. The Bertz CT molecular complexity index is 748. The molecule has 144 valence electrons. The molecule has 0 aromatic heterocycles. The van der Waals surface area contributed by atoms with Gasteiger partial charge in [-0.3, -0.25) is 14.5 Å². The Morgan fingerprint density at radius 3 is 2.52 bits per heavy atom. The molecular formula is C18H21N3O6. The molecule has 0 aliphatic carbocycles. The van der Waals surface area contributed by atoms with Gasteiger partial charge in [0, 0.05) is 31.7 Å². The summed E-state index contributed by atoms with van der Waals surface area (Å²) in [5.41, 5.74) is 0.788. The molecule has 1 aromatic carbocycles. The average Bonchev–Trinajstić information content (AvgIpc) is 3.28. The lowest BCUT2D eigenvalue weighted by Gasteiger charge is -2.18. The van der Waals surface area contributed by atoms with Crippen LogP contribution >= 0.6 is 0 Å². The maximum Gasteiger partial charge on any atom is 0.344 e. The first-order valence-corrected chi connectivity index (χ1v) is 8.77. The second kappa shape index (κ2) is 8.07. The van der Waals surface area contributed by atoms with Gasteiger partial charge in [-0.15, -0.1) is 0 Å². The van der Waals surface area contributed by atoms with Crippen molar-refractivity contribution in [1.29, 1.82) is 0 Å². The van der Waals surface area contributed by atoms with Crippen molar-refractivity contribution >= 4 is 29.5 Å². The van der Waals surface area contributed by atoms with E-state index in [2.05, 4.69) is 5.32 Å². The normalized spacial score (nSPS) is 17.7. The summed E-state index contributed by atoms with van der Waals surface area (Å²) >= 11 is 0. The van der Waals surface area contributed by atoms with Crippen molar-refractivity contribution in [1.82, 2.24) is 10.2 Å². The summed E-state index contributed by atoms with van der Waals surface area (Å²) in [4.78, 5) is 49.9. The standard InChI is InChI=1S/C18H21N3O6/c1-12(17(24)21-10-8-19-18(21)25)27-16(23)11-26-14-6-4-13(5-7-14)20-9-2-3-15(20)22/h4-7,12H,2-3,8-11H2,1H3,(H,19,25). The van der Waals surface area contributed by atoms with Crippen LogP contribution in [0.3, 0.4) is 0 Å². The first-order valence-electron chi connectivity index (χ1n) is 8.77. The molecule has 1 unspecified atom stereocenters. The van der Waals surface area contributed by atoms with E-state index in [-0.39, 0.29) is 19.1 Å². The summed E-state index contributed by atoms with van der Waals surface area (Å²) < 4.78 is 10.4. The molecule has 27 heavy (non-hydrogen) atoms. The highest BCUT2D eigenvalue weighted by Crippen LogP contribution is 2.23. The molecule has 1 aromatic rings. The van der Waals surface area contributed by atoms with E-state index in [0.717, 1.165) is 17.0 Å². The number of imide groups is 1. The number of amides is 4. The van der Waals surface area contributed by atoms with Crippen LogP contribution in [-0.2, 0) is 19.1 Å². The van der Waals surface area contributed by atoms with Gasteiger partial charge < -0.3 is 19.7 Å². The first kappa shape index (κ1) is 18.7. The van der Waals surface area contributed by atoms with Crippen molar-refractivity contribution in [2.24, 2.45) is 0 Å². The highest BCUT2D eigenvalue weighted by molar-refractivity contribution is 5.98. The quantitative estimate of drug-likeness (QED) is 0.733. The van der Waals surface area contributed by atoms with E-state index in [1.165, 1.54) is 6.92 Å². The highest BCUT2D eigenvalue weighted by Gasteiger charge is 2.31. The van der Waals surface area contributed by atoms with Crippen LogP contribution in [0, 0.1) is 0 Å². The van der Waals surface area contributed by atoms with Crippen molar-refractivity contribution < 1.29 is 28.7 Å². The number of anilines is 1. The van der Waals surface area contributed by atoms with Gasteiger partial charge in [-0.25, -0.2) is 9.59 Å². The number of nitrogens with one attached hydrogen (secondary N) is 1. The van der Waals surface area contributed by atoms with Crippen LogP contribution in [0.4, 0.5) is 10.5 Å². The molecule has 0 spiro atoms. The molecule has 9 nitrogen and oxygen atoms in total. The molecule has 3 rings (SSSR count). The lowest BCUT2D eigenvalue weighted by atomic mass is 10.3. The maximum atomic E-state index is 12.1. The number of benzene rings is 1. The smallest absolute Gasteiger partial charge is 0.344 e. The summed E-state index contributed by atoms with van der Waals surface area (Å²) in [5, 5.41) is 2.51. The fraction of sp³-hybridized carbons (Fsp3) is 0.444. The van der Waals surface area contributed by atoms with Crippen LogP contribution in [0.1, 0.15) is 19.8 Å². The van der Waals surface area contributed by atoms with Gasteiger partial charge in [0.25, 0.3) is 5.91 Å². The minimum Gasteiger partial charge on any atom is -0.482 e. The van der Waals surface area contributed by atoms with Crippen LogP contribution < -0.4 is 15.0 Å². The Morgan fingerprint density at radius 2 is 1.93 bits per heavy atom. The van der Waals surface area contributed by atoms with Gasteiger partial charge in [0.05, 0.1) is 0 Å². The monoisotopic (exact) mass is 375 g/mol. The summed E-state index contributed by atoms with van der Waals surface area (Å²) in [6.07, 6.45) is 0.326. The number of hydrogen-bond donors (Lipinski definition) is 1. The Balaban J connectivity index is 1.46. The molecule has 2 fully saturated rings. The van der Waals surface area contributed by atoms with Gasteiger partial charge >= 0.3 is 12.0 Å². The number of carbonyl (C=O) groups is 4. The predicted molar refractivity (Wildman–Crippen MR) is 94.2 cm³/mol. The number of esters is 1. The molecule has 2 aliphatic rings. The highest BCUT2D eigenvalue weighted by atomic mass is 16.6. The Morgan fingerprint density at radius 1 is 1.19 bits per heavy atom. The molecule has 2 saturated heterocycles. The minimum atomic E-state index is -1.08. The number of urea groups is 1. The lowest BCUT2D eigenvalue weighted by Crippen LogP contribution is -2.42. The third-order valence-electron chi connectivity index (χ3n) is 4.36. The Kier molecular flexibility index (Phi) is 5.58. The molecule has 9 heteroatoms. The van der Waals surface area contributed by atoms with E-state index in [9.17, 15) is 19.2 Å². The van der Waals surface area contributed by atoms with Crippen LogP contribution in [0.25, 0.3) is 0 Å². The SMILES string of the molecule is CC(OC(=O)COc1ccc(N2CCCC2=O)cc1)C(=O)N1CCNC1=O. The molecule has 2 heterocycles. The number of hydrogen-bond acceptors (Lipinski definition) is 6. The van der Waals surface area contributed by atoms with Crippen molar-refractivity contribution in [2.45, 2.75) is 25.9 Å². The summed E-state index contributed by atoms with van der Waals surface area (Å²) in [6, 6.07) is 6.34. The largest absolute Gasteiger partial charge is 0.482 e. The van der Waals surface area contributed by atoms with E-state index in [1.807, 2.05) is 0 Å². The molecule has 1 atom stereocenters. The van der Waals surface area contributed by atoms with Crippen molar-refractivity contribution in [3.05, 3.63) is 24.3 Å². The van der Waals surface area contributed by atoms with Crippen LogP contribution in [0.5, 0.6) is 5.75 Å². The maximum absolute atomic E-state index is 12.1. The van der Waals surface area contributed by atoms with Gasteiger partial charge in [-0.1, -0.05) is 0 Å². The average molecular weight is 375 g/mol. The lowest BCUT2D eigenvalue weighted by molar-refractivity contribution is -0.159. The van der Waals surface area contributed by atoms with Crippen molar-refractivity contribution in [2.75, 3.05) is 31.1 Å². The number of rotatable bonds is 6. The zero-order valence-corrected chi connectivity index (χ0v) is 15.0. The Labute approximate surface area is 156 Å². The summed E-state index contributed by atoms with van der Waals surface area (Å²) in [7, 11) is 0. The van der Waals surface area contributed by atoms with E-state index < -0.39 is 24.0 Å². The van der Waals surface area contributed by atoms with Crippen molar-refractivity contribution in [3.63, 3.8) is 0 Å². The fourth-order valence-corrected chi connectivity index (χ4v) is 2.97. The van der Waals surface area contributed by atoms with Crippen LogP contribution in [-0.4, -0.2) is 61.1 Å². The number of ether oxygens (including phenoxy) is 2. The van der Waals surface area contributed by atoms with Gasteiger partial charge in [0.15, 0.2) is 12.7 Å². The second-order valence-electron chi connectivity index (χ2n) is 6.29. The van der Waals surface area contributed by atoms with Gasteiger partial charge in [-0.2, -0.15) is 0 Å². The molecule has 0 bridgehead atoms. The van der Waals surface area contributed by atoms with E-state index in [0.29, 0.717) is 25.3 Å². The van der Waals surface area contributed by atoms with Crippen LogP contribution in [0.2, 0.25) is 0 Å². The fourth-order valence-electron chi connectivity index (χ4n) is 2.97. The zero-order valence-electron chi connectivity index (χ0n) is 15.0. The van der Waals surface area contributed by atoms with E-state index >= 15 is 0 Å². The summed E-state index contributed by atoms with van der Waals surface area (Å²) in [5.74, 6) is -0.745. The molecule has 1 N–H and O–H groups in total. The third kappa shape index (κ3) is 4.36. The first-order chi connectivity index (χ1) is 13.0. The van der Waals surface area contributed by atoms with Gasteiger partial charge in [-0.05, 0) is 37.6 Å². The van der Waals surface area contributed by atoms with E-state index in [4.69, 9.17) is 9.47 Å². The molecule has 0 saturated carbocycles. The van der Waals surface area contributed by atoms with Gasteiger partial charge in [0.1, 0.15) is 5.75 Å². The molecule has 2 aliphatic heterocycles. The zero-order chi connectivity index (χ0) is 19.4. The molecule has 4 amide bonds. The van der Waals surface area contributed by atoms with Gasteiger partial charge in [0.2, 0.25) is 5.91 Å². The topological polar surface area (TPSA) is 105 Å². The summed E-state index contributed by atoms with van der Waals surface area (Å²) in [6.45, 7) is 2.38. The predicted octanol–water partition coefficient (Wildman–Crippen LogP) is 0.676.